The minimum atomic E-state index is -0.177. The molecule has 0 fully saturated rings. The standard InChI is InChI=1S/C17H13ClN4O/c18-10-15-20-22-16(23)13-8-4-5-9-14(13)19-17(22)21(15)11-12-6-2-1-3-7-12/h1-9H,10-11H2. The Balaban J connectivity index is 2.00. The largest absolute Gasteiger partial charge is 0.291 e. The molecule has 6 heteroatoms. The van der Waals surface area contributed by atoms with E-state index in [2.05, 4.69) is 10.1 Å². The molecule has 0 aliphatic rings. The molecule has 114 valence electrons. The molecule has 0 N–H and O–H groups in total. The predicted molar refractivity (Wildman–Crippen MR) is 89.9 cm³/mol. The summed E-state index contributed by atoms with van der Waals surface area (Å²) < 4.78 is 3.22. The van der Waals surface area contributed by atoms with Crippen LogP contribution in [0, 0.1) is 0 Å². The molecule has 23 heavy (non-hydrogen) atoms. The van der Waals surface area contributed by atoms with Gasteiger partial charge in [-0.3, -0.25) is 9.36 Å². The van der Waals surface area contributed by atoms with Crippen LogP contribution in [0.2, 0.25) is 0 Å². The molecule has 0 unspecified atom stereocenters. The molecule has 0 saturated carbocycles. The molecule has 5 nitrogen and oxygen atoms in total. The third-order valence-electron chi connectivity index (χ3n) is 3.81. The van der Waals surface area contributed by atoms with Crippen LogP contribution in [0.3, 0.4) is 0 Å². The maximum absolute atomic E-state index is 12.6. The molecule has 0 atom stereocenters. The lowest BCUT2D eigenvalue weighted by Crippen LogP contribution is -2.16. The lowest BCUT2D eigenvalue weighted by Gasteiger charge is -2.06. The number of hydrogen-bond acceptors (Lipinski definition) is 3. The summed E-state index contributed by atoms with van der Waals surface area (Å²) in [5, 5.41) is 4.90. The monoisotopic (exact) mass is 324 g/mol. The highest BCUT2D eigenvalue weighted by Crippen LogP contribution is 2.14. The minimum absolute atomic E-state index is 0.177. The Labute approximate surface area is 136 Å². The van der Waals surface area contributed by atoms with E-state index < -0.39 is 0 Å². The SMILES string of the molecule is O=c1c2ccccc2nc2n(Cc3ccccc3)c(CCl)nn12. The first-order valence-electron chi connectivity index (χ1n) is 7.25. The molecule has 2 aromatic heterocycles. The Kier molecular flexibility index (Phi) is 3.35. The summed E-state index contributed by atoms with van der Waals surface area (Å²) >= 11 is 6.03. The summed E-state index contributed by atoms with van der Waals surface area (Å²) in [6.07, 6.45) is 0. The van der Waals surface area contributed by atoms with E-state index in [9.17, 15) is 4.79 Å². The molecule has 0 spiro atoms. The van der Waals surface area contributed by atoms with E-state index in [4.69, 9.17) is 11.6 Å². The van der Waals surface area contributed by atoms with Crippen molar-refractivity contribution in [2.45, 2.75) is 12.4 Å². The maximum Gasteiger partial charge on any atom is 0.283 e. The molecule has 2 heterocycles. The van der Waals surface area contributed by atoms with Gasteiger partial charge in [-0.2, -0.15) is 4.52 Å². The van der Waals surface area contributed by atoms with Crippen molar-refractivity contribution >= 4 is 28.3 Å². The topological polar surface area (TPSA) is 52.2 Å². The smallest absolute Gasteiger partial charge is 0.283 e. The molecule has 0 aliphatic carbocycles. The van der Waals surface area contributed by atoms with Gasteiger partial charge in [0, 0.05) is 0 Å². The fraction of sp³-hybridized carbons (Fsp3) is 0.118. The van der Waals surface area contributed by atoms with Gasteiger partial charge in [0.05, 0.1) is 23.3 Å². The van der Waals surface area contributed by atoms with E-state index in [-0.39, 0.29) is 11.4 Å². The number of halogens is 1. The Bertz CT molecular complexity index is 1050. The minimum Gasteiger partial charge on any atom is -0.291 e. The second kappa shape index (κ2) is 5.52. The van der Waals surface area contributed by atoms with Crippen molar-refractivity contribution in [1.29, 1.82) is 0 Å². The van der Waals surface area contributed by atoms with Gasteiger partial charge in [0.2, 0.25) is 5.78 Å². The molecule has 0 saturated heterocycles. The Morgan fingerprint density at radius 2 is 1.74 bits per heavy atom. The van der Waals surface area contributed by atoms with E-state index in [0.717, 1.165) is 5.56 Å². The predicted octanol–water partition coefficient (Wildman–Crippen LogP) is 2.83. The van der Waals surface area contributed by atoms with Crippen LogP contribution in [0.25, 0.3) is 16.7 Å². The number of rotatable bonds is 3. The van der Waals surface area contributed by atoms with E-state index >= 15 is 0 Å². The van der Waals surface area contributed by atoms with Crippen molar-refractivity contribution < 1.29 is 0 Å². The van der Waals surface area contributed by atoms with E-state index in [1.807, 2.05) is 53.1 Å². The lowest BCUT2D eigenvalue weighted by molar-refractivity contribution is 0.771. The van der Waals surface area contributed by atoms with Gasteiger partial charge in [-0.25, -0.2) is 4.98 Å². The number of alkyl halides is 1. The molecule has 0 aliphatic heterocycles. The molecule has 2 aromatic carbocycles. The number of aromatic nitrogens is 4. The fourth-order valence-corrected chi connectivity index (χ4v) is 2.89. The molecule has 0 bridgehead atoms. The summed E-state index contributed by atoms with van der Waals surface area (Å²) in [5.74, 6) is 1.34. The van der Waals surface area contributed by atoms with Crippen LogP contribution in [0.4, 0.5) is 0 Å². The summed E-state index contributed by atoms with van der Waals surface area (Å²) in [6.45, 7) is 0.567. The summed E-state index contributed by atoms with van der Waals surface area (Å²) in [7, 11) is 0. The van der Waals surface area contributed by atoms with Gasteiger partial charge in [0.1, 0.15) is 5.82 Å². The van der Waals surface area contributed by atoms with Crippen LogP contribution in [-0.4, -0.2) is 19.2 Å². The third kappa shape index (κ3) is 2.29. The molecule has 4 rings (SSSR count). The van der Waals surface area contributed by atoms with Crippen molar-refractivity contribution in [3.8, 4) is 0 Å². The first-order chi connectivity index (χ1) is 11.3. The van der Waals surface area contributed by atoms with Gasteiger partial charge >= 0.3 is 0 Å². The molecule has 4 aromatic rings. The molecular weight excluding hydrogens is 312 g/mol. The lowest BCUT2D eigenvalue weighted by atomic mass is 10.2. The average Bonchev–Trinajstić information content (AvgIpc) is 2.94. The van der Waals surface area contributed by atoms with E-state index in [0.29, 0.717) is 29.0 Å². The number of nitrogens with zero attached hydrogens (tertiary/aromatic N) is 4. The second-order valence-corrected chi connectivity index (χ2v) is 5.53. The van der Waals surface area contributed by atoms with Crippen LogP contribution in [0.1, 0.15) is 11.4 Å². The van der Waals surface area contributed by atoms with Crippen LogP contribution in [-0.2, 0) is 12.4 Å². The maximum atomic E-state index is 12.6. The fourth-order valence-electron chi connectivity index (χ4n) is 2.69. The van der Waals surface area contributed by atoms with Gasteiger partial charge in [-0.15, -0.1) is 16.7 Å². The number of benzene rings is 2. The van der Waals surface area contributed by atoms with Crippen LogP contribution < -0.4 is 5.56 Å². The quantitative estimate of drug-likeness (QED) is 0.544. The first kappa shape index (κ1) is 14.0. The zero-order valence-corrected chi connectivity index (χ0v) is 12.9. The highest BCUT2D eigenvalue weighted by Gasteiger charge is 2.15. The summed E-state index contributed by atoms with van der Waals surface area (Å²) in [6, 6.07) is 17.2. The number of hydrogen-bond donors (Lipinski definition) is 0. The summed E-state index contributed by atoms with van der Waals surface area (Å²) in [4.78, 5) is 17.2. The molecular formula is C17H13ClN4O. The Morgan fingerprint density at radius 3 is 2.52 bits per heavy atom. The van der Waals surface area contributed by atoms with Gasteiger partial charge in [-0.05, 0) is 17.7 Å². The van der Waals surface area contributed by atoms with Crippen molar-refractivity contribution in [1.82, 2.24) is 19.2 Å². The Morgan fingerprint density at radius 1 is 1.00 bits per heavy atom. The normalized spacial score (nSPS) is 11.3. The zero-order chi connectivity index (χ0) is 15.8. The Hall–Kier alpha value is -2.66. The summed E-state index contributed by atoms with van der Waals surface area (Å²) in [5.41, 5.74) is 1.58. The van der Waals surface area contributed by atoms with E-state index in [1.54, 1.807) is 6.07 Å². The zero-order valence-electron chi connectivity index (χ0n) is 12.2. The van der Waals surface area contributed by atoms with Gasteiger partial charge in [0.25, 0.3) is 5.56 Å². The number of para-hydroxylation sites is 1. The molecule has 0 amide bonds. The van der Waals surface area contributed by atoms with Crippen molar-refractivity contribution in [3.63, 3.8) is 0 Å². The van der Waals surface area contributed by atoms with Crippen LogP contribution >= 0.6 is 11.6 Å². The average molecular weight is 325 g/mol. The first-order valence-corrected chi connectivity index (χ1v) is 7.78. The van der Waals surface area contributed by atoms with Crippen molar-refractivity contribution in [3.05, 3.63) is 76.3 Å². The van der Waals surface area contributed by atoms with Gasteiger partial charge in [-0.1, -0.05) is 42.5 Å². The highest BCUT2D eigenvalue weighted by molar-refractivity contribution is 6.16. The second-order valence-electron chi connectivity index (χ2n) is 5.27. The molecule has 0 radical (unpaired) electrons. The third-order valence-corrected chi connectivity index (χ3v) is 4.05. The highest BCUT2D eigenvalue weighted by atomic mass is 35.5. The van der Waals surface area contributed by atoms with Crippen molar-refractivity contribution in [2.24, 2.45) is 0 Å². The number of fused-ring (bicyclic) bond motifs is 2. The van der Waals surface area contributed by atoms with Crippen LogP contribution in [0.15, 0.2) is 59.4 Å². The van der Waals surface area contributed by atoms with E-state index in [1.165, 1.54) is 4.52 Å². The van der Waals surface area contributed by atoms with Gasteiger partial charge in [0.15, 0.2) is 0 Å². The van der Waals surface area contributed by atoms with Gasteiger partial charge < -0.3 is 0 Å². The van der Waals surface area contributed by atoms with Crippen LogP contribution in [0.5, 0.6) is 0 Å². The van der Waals surface area contributed by atoms with Crippen molar-refractivity contribution in [2.75, 3.05) is 0 Å².